The normalized spacial score (nSPS) is 19.0. The highest BCUT2D eigenvalue weighted by molar-refractivity contribution is 5.92. The number of ether oxygens (including phenoxy) is 1. The molecule has 5 nitrogen and oxygen atoms in total. The molecule has 1 aromatic carbocycles. The van der Waals surface area contributed by atoms with E-state index in [4.69, 9.17) is 10.5 Å². The van der Waals surface area contributed by atoms with Crippen molar-refractivity contribution in [3.8, 4) is 0 Å². The maximum Gasteiger partial charge on any atom is 0.193 e. The second-order valence-electron chi connectivity index (χ2n) is 7.24. The van der Waals surface area contributed by atoms with Gasteiger partial charge in [0.1, 0.15) is 0 Å². The van der Waals surface area contributed by atoms with Crippen molar-refractivity contribution < 1.29 is 4.74 Å². The summed E-state index contributed by atoms with van der Waals surface area (Å²) in [5.41, 5.74) is 8.45. The molecule has 1 aliphatic rings. The van der Waals surface area contributed by atoms with Crippen molar-refractivity contribution in [2.75, 3.05) is 38.2 Å². The van der Waals surface area contributed by atoms with E-state index in [1.165, 1.54) is 5.56 Å². The molecule has 25 heavy (non-hydrogen) atoms. The third kappa shape index (κ3) is 6.01. The van der Waals surface area contributed by atoms with Crippen molar-refractivity contribution in [2.45, 2.75) is 46.1 Å². The topological polar surface area (TPSA) is 62.9 Å². The number of nitrogens with two attached hydrogens (primary N) is 1. The number of anilines is 1. The van der Waals surface area contributed by atoms with Crippen LogP contribution in [0.2, 0.25) is 0 Å². The number of morpholine rings is 1. The summed E-state index contributed by atoms with van der Waals surface area (Å²) in [7, 11) is 0. The molecule has 1 aliphatic heterocycles. The van der Waals surface area contributed by atoms with Crippen LogP contribution in [0.4, 0.5) is 5.69 Å². The van der Waals surface area contributed by atoms with Crippen LogP contribution < -0.4 is 11.1 Å². The summed E-state index contributed by atoms with van der Waals surface area (Å²) in [5, 5.41) is 3.21. The first-order valence-corrected chi connectivity index (χ1v) is 9.50. The number of benzene rings is 1. The molecule has 3 N–H and O–H groups in total. The van der Waals surface area contributed by atoms with Gasteiger partial charge < -0.3 is 15.8 Å². The summed E-state index contributed by atoms with van der Waals surface area (Å²) >= 11 is 0. The Hall–Kier alpha value is -1.59. The molecule has 0 aromatic heterocycles. The quantitative estimate of drug-likeness (QED) is 0.587. The number of hydrogen-bond donors (Lipinski definition) is 2. The van der Waals surface area contributed by atoms with E-state index in [9.17, 15) is 0 Å². The first kappa shape index (κ1) is 19.7. The summed E-state index contributed by atoms with van der Waals surface area (Å²) in [6.45, 7) is 13.2. The van der Waals surface area contributed by atoms with E-state index in [2.05, 4.69) is 67.2 Å². The third-order valence-corrected chi connectivity index (χ3v) is 5.10. The Morgan fingerprint density at radius 1 is 1.20 bits per heavy atom. The third-order valence-electron chi connectivity index (χ3n) is 5.10. The van der Waals surface area contributed by atoms with Gasteiger partial charge in [0.05, 0.1) is 19.8 Å². The van der Waals surface area contributed by atoms with Gasteiger partial charge in [-0.25, -0.2) is 0 Å². The summed E-state index contributed by atoms with van der Waals surface area (Å²) in [5.74, 6) is 1.60. The number of rotatable bonds is 7. The number of nitrogens with zero attached hydrogens (tertiary/aromatic N) is 2. The molecule has 140 valence electrons. The molecule has 1 heterocycles. The van der Waals surface area contributed by atoms with Crippen LogP contribution in [0.5, 0.6) is 0 Å². The predicted molar refractivity (Wildman–Crippen MR) is 106 cm³/mol. The zero-order valence-electron chi connectivity index (χ0n) is 16.2. The molecule has 0 radical (unpaired) electrons. The highest BCUT2D eigenvalue weighted by Crippen LogP contribution is 2.20. The predicted octanol–water partition coefficient (Wildman–Crippen LogP) is 3.28. The highest BCUT2D eigenvalue weighted by atomic mass is 16.5. The van der Waals surface area contributed by atoms with Gasteiger partial charge in [-0.05, 0) is 36.0 Å². The van der Waals surface area contributed by atoms with Gasteiger partial charge in [0.2, 0.25) is 0 Å². The Morgan fingerprint density at radius 2 is 1.84 bits per heavy atom. The molecule has 5 heteroatoms. The van der Waals surface area contributed by atoms with Crippen molar-refractivity contribution in [2.24, 2.45) is 16.6 Å². The molecule has 2 atom stereocenters. The fourth-order valence-corrected chi connectivity index (χ4v) is 3.17. The molecule has 0 aliphatic carbocycles. The van der Waals surface area contributed by atoms with Gasteiger partial charge in [-0.1, -0.05) is 39.8 Å². The zero-order chi connectivity index (χ0) is 18.2. The van der Waals surface area contributed by atoms with Crippen LogP contribution in [0.15, 0.2) is 29.3 Å². The van der Waals surface area contributed by atoms with E-state index < -0.39 is 0 Å². The van der Waals surface area contributed by atoms with Crippen LogP contribution in [0.3, 0.4) is 0 Å². The van der Waals surface area contributed by atoms with Gasteiger partial charge in [-0.15, -0.1) is 0 Å². The van der Waals surface area contributed by atoms with Gasteiger partial charge in [0, 0.05) is 24.8 Å². The number of guanidine groups is 1. The van der Waals surface area contributed by atoms with Gasteiger partial charge in [0.25, 0.3) is 0 Å². The summed E-state index contributed by atoms with van der Waals surface area (Å²) < 4.78 is 5.45. The average molecular weight is 347 g/mol. The zero-order valence-corrected chi connectivity index (χ0v) is 16.2. The standard InChI is InChI=1S/C20H34N4O/c1-5-16(4)17-6-8-18(9-7-17)23-20(21)22-14-19(15(2)3)24-10-12-25-13-11-24/h6-9,15-16,19H,5,10-14H2,1-4H3,(H3,21,22,23). The van der Waals surface area contributed by atoms with Crippen molar-refractivity contribution in [1.29, 1.82) is 0 Å². The average Bonchev–Trinajstić information content (AvgIpc) is 2.62. The summed E-state index contributed by atoms with van der Waals surface area (Å²) in [4.78, 5) is 7.05. The number of aliphatic imine (C=N–C) groups is 1. The lowest BCUT2D eigenvalue weighted by Gasteiger charge is -2.36. The van der Waals surface area contributed by atoms with Crippen molar-refractivity contribution in [3.63, 3.8) is 0 Å². The Morgan fingerprint density at radius 3 is 2.40 bits per heavy atom. The van der Waals surface area contributed by atoms with E-state index >= 15 is 0 Å². The lowest BCUT2D eigenvalue weighted by Crippen LogP contribution is -2.47. The minimum Gasteiger partial charge on any atom is -0.379 e. The van der Waals surface area contributed by atoms with E-state index in [1.54, 1.807) is 0 Å². The van der Waals surface area contributed by atoms with E-state index in [0.29, 0.717) is 30.4 Å². The van der Waals surface area contributed by atoms with E-state index in [0.717, 1.165) is 38.4 Å². The Kier molecular flexibility index (Phi) is 7.72. The van der Waals surface area contributed by atoms with E-state index in [1.807, 2.05) is 0 Å². The van der Waals surface area contributed by atoms with Crippen LogP contribution in [-0.4, -0.2) is 49.7 Å². The smallest absolute Gasteiger partial charge is 0.193 e. The molecule has 0 saturated carbocycles. The summed E-state index contributed by atoms with van der Waals surface area (Å²) in [6, 6.07) is 8.87. The summed E-state index contributed by atoms with van der Waals surface area (Å²) in [6.07, 6.45) is 1.15. The molecule has 1 aromatic rings. The molecular formula is C20H34N4O. The molecule has 0 amide bonds. The number of hydrogen-bond acceptors (Lipinski definition) is 3. The second-order valence-corrected chi connectivity index (χ2v) is 7.24. The minimum absolute atomic E-state index is 0.400. The second kappa shape index (κ2) is 9.78. The van der Waals surface area contributed by atoms with Gasteiger partial charge >= 0.3 is 0 Å². The molecule has 0 spiro atoms. The molecule has 0 bridgehead atoms. The van der Waals surface area contributed by atoms with Crippen molar-refractivity contribution >= 4 is 11.6 Å². The lowest BCUT2D eigenvalue weighted by atomic mass is 9.99. The Bertz CT molecular complexity index is 535. The van der Waals surface area contributed by atoms with Gasteiger partial charge in [0.15, 0.2) is 5.96 Å². The fraction of sp³-hybridized carbons (Fsp3) is 0.650. The molecule has 1 saturated heterocycles. The van der Waals surface area contributed by atoms with Gasteiger partial charge in [-0.2, -0.15) is 0 Å². The molecule has 2 unspecified atom stereocenters. The first-order chi connectivity index (χ1) is 12.0. The van der Waals surface area contributed by atoms with Crippen LogP contribution in [0.1, 0.15) is 45.6 Å². The largest absolute Gasteiger partial charge is 0.379 e. The monoisotopic (exact) mass is 346 g/mol. The lowest BCUT2D eigenvalue weighted by molar-refractivity contribution is 0.00870. The minimum atomic E-state index is 0.400. The van der Waals surface area contributed by atoms with Crippen molar-refractivity contribution in [3.05, 3.63) is 29.8 Å². The van der Waals surface area contributed by atoms with Gasteiger partial charge in [-0.3, -0.25) is 9.89 Å². The van der Waals surface area contributed by atoms with Crippen LogP contribution >= 0.6 is 0 Å². The van der Waals surface area contributed by atoms with Crippen LogP contribution in [-0.2, 0) is 4.74 Å². The number of nitrogens with one attached hydrogen (secondary N) is 1. The Labute approximate surface area is 152 Å². The maximum absolute atomic E-state index is 6.10. The van der Waals surface area contributed by atoms with Crippen LogP contribution in [0, 0.1) is 5.92 Å². The van der Waals surface area contributed by atoms with E-state index in [-0.39, 0.29) is 0 Å². The maximum atomic E-state index is 6.10. The molecule has 1 fully saturated rings. The Balaban J connectivity index is 1.93. The molecule has 2 rings (SSSR count). The highest BCUT2D eigenvalue weighted by Gasteiger charge is 2.23. The fourth-order valence-electron chi connectivity index (χ4n) is 3.17. The van der Waals surface area contributed by atoms with Crippen LogP contribution in [0.25, 0.3) is 0 Å². The molecular weight excluding hydrogens is 312 g/mol. The van der Waals surface area contributed by atoms with Crippen molar-refractivity contribution in [1.82, 2.24) is 4.90 Å². The first-order valence-electron chi connectivity index (χ1n) is 9.50. The SMILES string of the molecule is CCC(C)c1ccc(NC(N)=NCC(C(C)C)N2CCOCC2)cc1.